The molecule has 0 aliphatic carbocycles. The minimum atomic E-state index is 0.0371. The van der Waals surface area contributed by atoms with Gasteiger partial charge >= 0.3 is 0 Å². The standard InChI is InChI=1S/C20H19N5O2/c1-2-18(26)21-10-11-25-13-22-19(14-6-4-3-5-7-14)20(25)15-8-9-16-17(12-15)24-27-23-16/h3-9,12-13H,2,10-11H2,1H3,(H,21,26). The molecule has 0 radical (unpaired) electrons. The zero-order chi connectivity index (χ0) is 18.6. The van der Waals surface area contributed by atoms with Crippen molar-refractivity contribution in [1.29, 1.82) is 0 Å². The summed E-state index contributed by atoms with van der Waals surface area (Å²) in [6.45, 7) is 3.00. The van der Waals surface area contributed by atoms with Crippen LogP contribution < -0.4 is 5.32 Å². The third-order valence-corrected chi connectivity index (χ3v) is 4.41. The molecule has 4 aromatic rings. The van der Waals surface area contributed by atoms with Crippen molar-refractivity contribution in [3.63, 3.8) is 0 Å². The molecule has 0 aliphatic rings. The maximum atomic E-state index is 11.5. The molecule has 7 heteroatoms. The van der Waals surface area contributed by atoms with Crippen LogP contribution in [0.1, 0.15) is 13.3 Å². The molecule has 2 aromatic carbocycles. The summed E-state index contributed by atoms with van der Waals surface area (Å²) in [7, 11) is 0. The second-order valence-corrected chi connectivity index (χ2v) is 6.17. The quantitative estimate of drug-likeness (QED) is 0.570. The largest absolute Gasteiger partial charge is 0.354 e. The average molecular weight is 361 g/mol. The molecule has 4 rings (SSSR count). The Balaban J connectivity index is 1.75. The lowest BCUT2D eigenvalue weighted by Gasteiger charge is -2.11. The number of fused-ring (bicyclic) bond motifs is 1. The van der Waals surface area contributed by atoms with Gasteiger partial charge in [-0.3, -0.25) is 4.79 Å². The fraction of sp³-hybridized carbons (Fsp3) is 0.200. The number of nitrogens with one attached hydrogen (secondary N) is 1. The minimum absolute atomic E-state index is 0.0371. The van der Waals surface area contributed by atoms with Gasteiger partial charge in [0.05, 0.1) is 17.7 Å². The van der Waals surface area contributed by atoms with Gasteiger partial charge in [0.15, 0.2) is 0 Å². The molecule has 2 heterocycles. The van der Waals surface area contributed by atoms with Gasteiger partial charge < -0.3 is 9.88 Å². The number of carbonyl (C=O) groups is 1. The number of carbonyl (C=O) groups excluding carboxylic acids is 1. The van der Waals surface area contributed by atoms with Crippen molar-refractivity contribution >= 4 is 16.9 Å². The molecular weight excluding hydrogens is 342 g/mol. The Labute approximate surface area is 156 Å². The molecule has 0 saturated carbocycles. The van der Waals surface area contributed by atoms with Crippen molar-refractivity contribution in [2.24, 2.45) is 0 Å². The van der Waals surface area contributed by atoms with Crippen LogP contribution in [0.2, 0.25) is 0 Å². The summed E-state index contributed by atoms with van der Waals surface area (Å²) in [5.41, 5.74) is 5.25. The molecule has 0 saturated heterocycles. The van der Waals surface area contributed by atoms with Crippen molar-refractivity contribution < 1.29 is 9.42 Å². The van der Waals surface area contributed by atoms with E-state index in [0.29, 0.717) is 30.5 Å². The lowest BCUT2D eigenvalue weighted by atomic mass is 10.0. The van der Waals surface area contributed by atoms with Gasteiger partial charge in [-0.1, -0.05) is 43.3 Å². The van der Waals surface area contributed by atoms with E-state index in [0.717, 1.165) is 22.5 Å². The van der Waals surface area contributed by atoms with Crippen LogP contribution in [-0.2, 0) is 11.3 Å². The highest BCUT2D eigenvalue weighted by atomic mass is 16.6. The molecule has 0 aliphatic heterocycles. The molecule has 0 spiro atoms. The smallest absolute Gasteiger partial charge is 0.219 e. The van der Waals surface area contributed by atoms with Crippen molar-refractivity contribution in [2.45, 2.75) is 19.9 Å². The van der Waals surface area contributed by atoms with Crippen molar-refractivity contribution in [1.82, 2.24) is 25.2 Å². The van der Waals surface area contributed by atoms with Crippen molar-refractivity contribution in [3.8, 4) is 22.5 Å². The molecule has 0 atom stereocenters. The van der Waals surface area contributed by atoms with E-state index in [4.69, 9.17) is 4.63 Å². The van der Waals surface area contributed by atoms with Gasteiger partial charge in [0.1, 0.15) is 11.0 Å². The summed E-state index contributed by atoms with van der Waals surface area (Å²) in [4.78, 5) is 16.2. The number of rotatable bonds is 6. The molecule has 0 bridgehead atoms. The number of benzene rings is 2. The van der Waals surface area contributed by atoms with Gasteiger partial charge in [-0.25, -0.2) is 9.61 Å². The number of amides is 1. The van der Waals surface area contributed by atoms with Crippen LogP contribution in [0.4, 0.5) is 0 Å². The molecule has 1 amide bonds. The van der Waals surface area contributed by atoms with E-state index in [1.807, 2.05) is 60.0 Å². The topological polar surface area (TPSA) is 85.8 Å². The van der Waals surface area contributed by atoms with Crippen molar-refractivity contribution in [2.75, 3.05) is 6.54 Å². The molecule has 0 unspecified atom stereocenters. The zero-order valence-electron chi connectivity index (χ0n) is 14.9. The Morgan fingerprint density at radius 1 is 1.07 bits per heavy atom. The lowest BCUT2D eigenvalue weighted by molar-refractivity contribution is -0.120. The van der Waals surface area contributed by atoms with Crippen LogP contribution in [0.5, 0.6) is 0 Å². The Morgan fingerprint density at radius 2 is 1.89 bits per heavy atom. The molecule has 0 fully saturated rings. The first-order valence-electron chi connectivity index (χ1n) is 8.86. The predicted octanol–water partition coefficient (Wildman–Crippen LogP) is 3.28. The van der Waals surface area contributed by atoms with Crippen LogP contribution >= 0.6 is 0 Å². The molecule has 1 N–H and O–H groups in total. The highest BCUT2D eigenvalue weighted by Gasteiger charge is 2.16. The molecule has 27 heavy (non-hydrogen) atoms. The first-order valence-corrected chi connectivity index (χ1v) is 8.86. The third-order valence-electron chi connectivity index (χ3n) is 4.41. The van der Waals surface area contributed by atoms with Crippen LogP contribution in [0.25, 0.3) is 33.5 Å². The Morgan fingerprint density at radius 3 is 2.70 bits per heavy atom. The van der Waals surface area contributed by atoms with Crippen LogP contribution in [0.3, 0.4) is 0 Å². The summed E-state index contributed by atoms with van der Waals surface area (Å²) >= 11 is 0. The maximum absolute atomic E-state index is 11.5. The maximum Gasteiger partial charge on any atom is 0.219 e. The summed E-state index contributed by atoms with van der Waals surface area (Å²) in [5, 5.41) is 10.7. The SMILES string of the molecule is CCC(=O)NCCn1cnc(-c2ccccc2)c1-c1ccc2nonc2c1. The highest BCUT2D eigenvalue weighted by molar-refractivity contribution is 5.85. The van der Waals surface area contributed by atoms with E-state index in [-0.39, 0.29) is 5.91 Å². The lowest BCUT2D eigenvalue weighted by Crippen LogP contribution is -2.26. The minimum Gasteiger partial charge on any atom is -0.354 e. The number of nitrogens with zero attached hydrogens (tertiary/aromatic N) is 4. The van der Waals surface area contributed by atoms with Crippen LogP contribution in [0, 0.1) is 0 Å². The second-order valence-electron chi connectivity index (χ2n) is 6.17. The molecule has 136 valence electrons. The van der Waals surface area contributed by atoms with Crippen LogP contribution in [0.15, 0.2) is 59.5 Å². The fourth-order valence-corrected chi connectivity index (χ4v) is 3.03. The van der Waals surface area contributed by atoms with E-state index in [1.54, 1.807) is 6.33 Å². The zero-order valence-corrected chi connectivity index (χ0v) is 14.9. The normalized spacial score (nSPS) is 11.0. The van der Waals surface area contributed by atoms with E-state index >= 15 is 0 Å². The van der Waals surface area contributed by atoms with E-state index in [2.05, 4.69) is 20.6 Å². The summed E-state index contributed by atoms with van der Waals surface area (Å²) in [6, 6.07) is 15.8. The predicted molar refractivity (Wildman–Crippen MR) is 102 cm³/mol. The van der Waals surface area contributed by atoms with Gasteiger partial charge in [-0.2, -0.15) is 0 Å². The molecule has 2 aromatic heterocycles. The van der Waals surface area contributed by atoms with E-state index < -0.39 is 0 Å². The Kier molecular flexibility index (Phi) is 4.65. The average Bonchev–Trinajstić information content (AvgIpc) is 3.34. The van der Waals surface area contributed by atoms with Crippen molar-refractivity contribution in [3.05, 3.63) is 54.9 Å². The van der Waals surface area contributed by atoms with Gasteiger partial charge in [-0.15, -0.1) is 0 Å². The van der Waals surface area contributed by atoms with E-state index in [9.17, 15) is 4.79 Å². The first kappa shape index (κ1) is 17.0. The first-order chi connectivity index (χ1) is 13.3. The second kappa shape index (κ2) is 7.41. The molecular formula is C20H19N5O2. The summed E-state index contributed by atoms with van der Waals surface area (Å²) in [6.07, 6.45) is 2.28. The Bertz CT molecular complexity index is 1070. The monoisotopic (exact) mass is 361 g/mol. The van der Waals surface area contributed by atoms with Gasteiger partial charge in [0.25, 0.3) is 0 Å². The number of hydrogen-bond acceptors (Lipinski definition) is 5. The summed E-state index contributed by atoms with van der Waals surface area (Å²) < 4.78 is 6.86. The Hall–Kier alpha value is -3.48. The van der Waals surface area contributed by atoms with E-state index in [1.165, 1.54) is 0 Å². The molecule has 7 nitrogen and oxygen atoms in total. The fourth-order valence-electron chi connectivity index (χ4n) is 3.03. The number of imidazole rings is 1. The van der Waals surface area contributed by atoms with Gasteiger partial charge in [-0.05, 0) is 22.4 Å². The third kappa shape index (κ3) is 3.44. The van der Waals surface area contributed by atoms with Gasteiger partial charge in [0, 0.05) is 30.6 Å². The van der Waals surface area contributed by atoms with Gasteiger partial charge in [0.2, 0.25) is 5.91 Å². The number of aromatic nitrogens is 4. The summed E-state index contributed by atoms with van der Waals surface area (Å²) in [5.74, 6) is 0.0371. The van der Waals surface area contributed by atoms with Crippen LogP contribution in [-0.4, -0.2) is 32.3 Å². The number of hydrogen-bond donors (Lipinski definition) is 1. The highest BCUT2D eigenvalue weighted by Crippen LogP contribution is 2.32.